The van der Waals surface area contributed by atoms with E-state index in [0.29, 0.717) is 19.5 Å². The first-order chi connectivity index (χ1) is 12.4. The van der Waals surface area contributed by atoms with E-state index >= 15 is 0 Å². The van der Waals surface area contributed by atoms with Crippen LogP contribution in [0.1, 0.15) is 46.5 Å². The van der Waals surface area contributed by atoms with E-state index < -0.39 is 24.4 Å². The molecule has 2 amide bonds. The third-order valence-corrected chi connectivity index (χ3v) is 5.13. The van der Waals surface area contributed by atoms with Crippen LogP contribution in [0.5, 0.6) is 0 Å². The molecule has 0 saturated carbocycles. The minimum Gasteiger partial charge on any atom is -0.467 e. The van der Waals surface area contributed by atoms with Gasteiger partial charge in [0.1, 0.15) is 12.3 Å². The first-order valence-electron chi connectivity index (χ1n) is 9.52. The Bertz CT molecular complexity index is 527. The molecule has 2 heterocycles. The van der Waals surface area contributed by atoms with Gasteiger partial charge in [-0.1, -0.05) is 27.2 Å². The van der Waals surface area contributed by atoms with E-state index in [-0.39, 0.29) is 23.7 Å². The number of likely N-dealkylation sites (tertiary alicyclic amines) is 1. The summed E-state index contributed by atoms with van der Waals surface area (Å²) in [5.41, 5.74) is 0. The maximum Gasteiger partial charge on any atom is 0.328 e. The van der Waals surface area contributed by atoms with E-state index in [2.05, 4.69) is 10.6 Å². The first-order valence-corrected chi connectivity index (χ1v) is 9.52. The van der Waals surface area contributed by atoms with Gasteiger partial charge in [-0.25, -0.2) is 4.79 Å². The summed E-state index contributed by atoms with van der Waals surface area (Å²) < 4.78 is 10.3. The second kappa shape index (κ2) is 9.32. The molecule has 26 heavy (non-hydrogen) atoms. The van der Waals surface area contributed by atoms with E-state index in [1.54, 1.807) is 4.90 Å². The largest absolute Gasteiger partial charge is 0.467 e. The Morgan fingerprint density at radius 3 is 2.65 bits per heavy atom. The molecule has 2 aliphatic heterocycles. The fourth-order valence-corrected chi connectivity index (χ4v) is 3.27. The molecule has 0 aromatic carbocycles. The quantitative estimate of drug-likeness (QED) is 0.451. The van der Waals surface area contributed by atoms with Gasteiger partial charge in [-0.2, -0.15) is 0 Å². The number of rotatable bonds is 9. The summed E-state index contributed by atoms with van der Waals surface area (Å²) in [6, 6.07) is -1.02. The minimum absolute atomic E-state index is 0.0462. The van der Waals surface area contributed by atoms with Crippen LogP contribution in [0.2, 0.25) is 0 Å². The van der Waals surface area contributed by atoms with E-state index in [4.69, 9.17) is 9.47 Å². The van der Waals surface area contributed by atoms with E-state index in [0.717, 1.165) is 19.3 Å². The summed E-state index contributed by atoms with van der Waals surface area (Å²) in [6.45, 7) is 7.11. The zero-order valence-corrected chi connectivity index (χ0v) is 16.1. The van der Waals surface area contributed by atoms with Gasteiger partial charge in [0, 0.05) is 13.1 Å². The summed E-state index contributed by atoms with van der Waals surface area (Å²) >= 11 is 0. The van der Waals surface area contributed by atoms with Crippen LogP contribution in [-0.4, -0.2) is 67.3 Å². The molecule has 148 valence electrons. The molecule has 2 N–H and O–H groups in total. The average molecular weight is 369 g/mol. The van der Waals surface area contributed by atoms with Crippen LogP contribution in [0, 0.1) is 5.92 Å². The Morgan fingerprint density at radius 1 is 1.31 bits per heavy atom. The average Bonchev–Trinajstić information content (AvgIpc) is 3.25. The maximum absolute atomic E-state index is 13.1. The summed E-state index contributed by atoms with van der Waals surface area (Å²) in [5, 5.41) is 5.97. The Labute approximate surface area is 155 Å². The zero-order chi connectivity index (χ0) is 19.3. The summed E-state index contributed by atoms with van der Waals surface area (Å²) in [4.78, 5) is 38.6. The smallest absolute Gasteiger partial charge is 0.328 e. The molecule has 0 aliphatic carbocycles. The summed E-state index contributed by atoms with van der Waals surface area (Å²) in [5.74, 6) is -0.619. The standard InChI is InChI=1S/C18H31N3O5/c1-5-9-19-15(22)14-16(26-14)20-13(11(3)6-2)17(23)21-10-7-8-12(21)18(24)25-4/h11-14,16,20H,5-10H2,1-4H3,(H,19,22)/t11-,12-,13-,14+,16-/m0/s1. The topological polar surface area (TPSA) is 100 Å². The van der Waals surface area contributed by atoms with Crippen LogP contribution in [-0.2, 0) is 23.9 Å². The minimum atomic E-state index is -0.559. The lowest BCUT2D eigenvalue weighted by Crippen LogP contribution is -2.54. The predicted molar refractivity (Wildman–Crippen MR) is 95.1 cm³/mol. The number of hydrogen-bond acceptors (Lipinski definition) is 6. The van der Waals surface area contributed by atoms with Crippen molar-refractivity contribution in [1.29, 1.82) is 0 Å². The molecule has 0 radical (unpaired) electrons. The maximum atomic E-state index is 13.1. The van der Waals surface area contributed by atoms with Gasteiger partial charge in [-0.05, 0) is 25.2 Å². The van der Waals surface area contributed by atoms with Crippen molar-refractivity contribution in [3.05, 3.63) is 0 Å². The van der Waals surface area contributed by atoms with Crippen LogP contribution in [0.25, 0.3) is 0 Å². The van der Waals surface area contributed by atoms with Crippen molar-refractivity contribution < 1.29 is 23.9 Å². The highest BCUT2D eigenvalue weighted by Gasteiger charge is 2.48. The fourth-order valence-electron chi connectivity index (χ4n) is 3.27. The highest BCUT2D eigenvalue weighted by Crippen LogP contribution is 2.25. The number of hydrogen-bond donors (Lipinski definition) is 2. The molecular weight excluding hydrogens is 338 g/mol. The van der Waals surface area contributed by atoms with Crippen molar-refractivity contribution in [2.45, 2.75) is 70.9 Å². The normalized spacial score (nSPS) is 26.9. The first kappa shape index (κ1) is 20.6. The fraction of sp³-hybridized carbons (Fsp3) is 0.833. The number of amides is 2. The number of methoxy groups -OCH3 is 1. The van der Waals surface area contributed by atoms with Gasteiger partial charge in [-0.3, -0.25) is 14.9 Å². The Kier molecular flexibility index (Phi) is 7.40. The summed E-state index contributed by atoms with van der Waals surface area (Å²) in [6.07, 6.45) is 2.02. The molecule has 0 aromatic rings. The molecular formula is C18H31N3O5. The molecule has 0 bridgehead atoms. The highest BCUT2D eigenvalue weighted by atomic mass is 16.6. The van der Waals surface area contributed by atoms with Gasteiger partial charge in [0.15, 0.2) is 6.10 Å². The van der Waals surface area contributed by atoms with Crippen molar-refractivity contribution >= 4 is 17.8 Å². The van der Waals surface area contributed by atoms with Crippen molar-refractivity contribution in [2.24, 2.45) is 5.92 Å². The second-order valence-corrected chi connectivity index (χ2v) is 7.01. The van der Waals surface area contributed by atoms with Crippen molar-refractivity contribution in [1.82, 2.24) is 15.5 Å². The van der Waals surface area contributed by atoms with E-state index in [9.17, 15) is 14.4 Å². The number of carbonyl (C=O) groups is 3. The Morgan fingerprint density at radius 2 is 2.04 bits per heavy atom. The number of esters is 1. The van der Waals surface area contributed by atoms with Gasteiger partial charge >= 0.3 is 5.97 Å². The van der Waals surface area contributed by atoms with Crippen molar-refractivity contribution in [2.75, 3.05) is 20.2 Å². The lowest BCUT2D eigenvalue weighted by Gasteiger charge is -2.30. The van der Waals surface area contributed by atoms with Crippen LogP contribution >= 0.6 is 0 Å². The number of nitrogens with one attached hydrogen (secondary N) is 2. The monoisotopic (exact) mass is 369 g/mol. The van der Waals surface area contributed by atoms with Gasteiger partial charge in [-0.15, -0.1) is 0 Å². The van der Waals surface area contributed by atoms with E-state index in [1.807, 2.05) is 20.8 Å². The number of epoxide rings is 1. The van der Waals surface area contributed by atoms with Crippen LogP contribution in [0.4, 0.5) is 0 Å². The summed E-state index contributed by atoms with van der Waals surface area (Å²) in [7, 11) is 1.34. The Balaban J connectivity index is 2.00. The molecule has 2 fully saturated rings. The Hall–Kier alpha value is -1.67. The highest BCUT2D eigenvalue weighted by molar-refractivity contribution is 5.89. The molecule has 8 nitrogen and oxygen atoms in total. The molecule has 2 aliphatic rings. The molecule has 0 spiro atoms. The number of carbonyl (C=O) groups excluding carboxylic acids is 3. The number of nitrogens with zero attached hydrogens (tertiary/aromatic N) is 1. The van der Waals surface area contributed by atoms with Gasteiger partial charge in [0.2, 0.25) is 5.91 Å². The van der Waals surface area contributed by atoms with Gasteiger partial charge in [0.05, 0.1) is 13.2 Å². The lowest BCUT2D eigenvalue weighted by molar-refractivity contribution is -0.152. The third-order valence-electron chi connectivity index (χ3n) is 5.13. The molecule has 0 aromatic heterocycles. The van der Waals surface area contributed by atoms with Crippen LogP contribution in [0.3, 0.4) is 0 Å². The van der Waals surface area contributed by atoms with Gasteiger partial charge in [0.25, 0.3) is 5.91 Å². The number of ether oxygens (including phenoxy) is 2. The van der Waals surface area contributed by atoms with Crippen LogP contribution in [0.15, 0.2) is 0 Å². The predicted octanol–water partition coefficient (Wildman–Crippen LogP) is 0.406. The SMILES string of the molecule is CCCNC(=O)[C@H]1O[C@@H]1N[C@H](C(=O)N1CCC[C@H]1C(=O)OC)[C@@H](C)CC. The van der Waals surface area contributed by atoms with Gasteiger partial charge < -0.3 is 19.7 Å². The van der Waals surface area contributed by atoms with E-state index in [1.165, 1.54) is 7.11 Å². The van der Waals surface area contributed by atoms with Crippen molar-refractivity contribution in [3.63, 3.8) is 0 Å². The molecule has 0 unspecified atom stereocenters. The second-order valence-electron chi connectivity index (χ2n) is 7.01. The lowest BCUT2D eigenvalue weighted by atomic mass is 9.97. The van der Waals surface area contributed by atoms with Crippen LogP contribution < -0.4 is 10.6 Å². The zero-order valence-electron chi connectivity index (χ0n) is 16.1. The molecule has 8 heteroatoms. The molecule has 2 saturated heterocycles. The van der Waals surface area contributed by atoms with Crippen molar-refractivity contribution in [3.8, 4) is 0 Å². The third kappa shape index (κ3) is 4.73. The molecule has 5 atom stereocenters. The molecule has 2 rings (SSSR count).